The van der Waals surface area contributed by atoms with Crippen molar-refractivity contribution in [1.29, 1.82) is 0 Å². The highest BCUT2D eigenvalue weighted by atomic mass is 16.5. The van der Waals surface area contributed by atoms with Gasteiger partial charge in [-0.25, -0.2) is 0 Å². The SMILES string of the molecule is CCCCCCC(=O)N(CCCN1CCCCC1C)Cc1ccc(OC)c(OC)c1. The van der Waals surface area contributed by atoms with Crippen molar-refractivity contribution in [3.8, 4) is 11.5 Å². The quantitative estimate of drug-likeness (QED) is 0.409. The van der Waals surface area contributed by atoms with E-state index in [-0.39, 0.29) is 5.91 Å². The summed E-state index contributed by atoms with van der Waals surface area (Å²) >= 11 is 0. The Labute approximate surface area is 183 Å². The van der Waals surface area contributed by atoms with E-state index in [0.29, 0.717) is 24.8 Å². The highest BCUT2D eigenvalue weighted by Crippen LogP contribution is 2.28. The number of benzene rings is 1. The van der Waals surface area contributed by atoms with Crippen molar-refractivity contribution in [1.82, 2.24) is 9.80 Å². The molecule has 1 aromatic carbocycles. The Morgan fingerprint density at radius 3 is 2.60 bits per heavy atom. The summed E-state index contributed by atoms with van der Waals surface area (Å²) < 4.78 is 10.8. The number of likely N-dealkylation sites (tertiary alicyclic amines) is 1. The van der Waals surface area contributed by atoms with Crippen LogP contribution < -0.4 is 9.47 Å². The van der Waals surface area contributed by atoms with E-state index in [1.165, 1.54) is 38.6 Å². The summed E-state index contributed by atoms with van der Waals surface area (Å²) in [6.07, 6.45) is 10.1. The van der Waals surface area contributed by atoms with Crippen LogP contribution in [0, 0.1) is 0 Å². The van der Waals surface area contributed by atoms with Crippen LogP contribution in [-0.4, -0.2) is 55.6 Å². The molecular weight excluding hydrogens is 376 g/mol. The van der Waals surface area contributed by atoms with Gasteiger partial charge in [-0.15, -0.1) is 0 Å². The molecule has 1 atom stereocenters. The first-order valence-corrected chi connectivity index (χ1v) is 11.8. The molecule has 5 heteroatoms. The van der Waals surface area contributed by atoms with Crippen molar-refractivity contribution < 1.29 is 14.3 Å². The van der Waals surface area contributed by atoms with Gasteiger partial charge in [0.05, 0.1) is 14.2 Å². The largest absolute Gasteiger partial charge is 0.493 e. The number of hydrogen-bond acceptors (Lipinski definition) is 4. The summed E-state index contributed by atoms with van der Waals surface area (Å²) in [5.74, 6) is 1.71. The van der Waals surface area contributed by atoms with E-state index in [4.69, 9.17) is 9.47 Å². The number of nitrogens with zero attached hydrogens (tertiary/aromatic N) is 2. The zero-order valence-electron chi connectivity index (χ0n) is 19.6. The van der Waals surface area contributed by atoms with Gasteiger partial charge < -0.3 is 19.3 Å². The summed E-state index contributed by atoms with van der Waals surface area (Å²) in [6.45, 7) is 8.24. The minimum atomic E-state index is 0.271. The van der Waals surface area contributed by atoms with Crippen molar-refractivity contribution >= 4 is 5.91 Å². The number of carbonyl (C=O) groups is 1. The molecule has 0 N–H and O–H groups in total. The number of piperidine rings is 1. The average Bonchev–Trinajstić information content (AvgIpc) is 2.77. The summed E-state index contributed by atoms with van der Waals surface area (Å²) in [7, 11) is 3.29. The van der Waals surface area contributed by atoms with E-state index in [1.54, 1.807) is 14.2 Å². The minimum absolute atomic E-state index is 0.271. The third kappa shape index (κ3) is 7.82. The highest BCUT2D eigenvalue weighted by molar-refractivity contribution is 5.76. The molecule has 1 aliphatic rings. The van der Waals surface area contributed by atoms with Gasteiger partial charge in [0.25, 0.3) is 0 Å². The van der Waals surface area contributed by atoms with E-state index < -0.39 is 0 Å². The first-order chi connectivity index (χ1) is 14.6. The maximum atomic E-state index is 13.0. The van der Waals surface area contributed by atoms with Crippen LogP contribution in [0.2, 0.25) is 0 Å². The Bertz CT molecular complexity index is 635. The Morgan fingerprint density at radius 1 is 1.10 bits per heavy atom. The van der Waals surface area contributed by atoms with Gasteiger partial charge in [-0.1, -0.05) is 38.7 Å². The van der Waals surface area contributed by atoms with E-state index in [1.807, 2.05) is 23.1 Å². The maximum Gasteiger partial charge on any atom is 0.222 e. The molecule has 0 bridgehead atoms. The van der Waals surface area contributed by atoms with Gasteiger partial charge in [0.2, 0.25) is 5.91 Å². The van der Waals surface area contributed by atoms with E-state index in [0.717, 1.165) is 43.7 Å². The van der Waals surface area contributed by atoms with E-state index in [2.05, 4.69) is 18.7 Å². The molecular formula is C25H42N2O3. The molecule has 1 heterocycles. The highest BCUT2D eigenvalue weighted by Gasteiger charge is 2.19. The van der Waals surface area contributed by atoms with Crippen LogP contribution in [0.4, 0.5) is 0 Å². The van der Waals surface area contributed by atoms with Crippen LogP contribution in [0.5, 0.6) is 11.5 Å². The standard InChI is InChI=1S/C25H42N2O3/c1-5-6-7-8-13-25(28)27(18-11-17-26-16-10-9-12-21(26)2)20-22-14-15-23(29-3)24(19-22)30-4/h14-15,19,21H,5-13,16-18,20H2,1-4H3. The van der Waals surface area contributed by atoms with E-state index >= 15 is 0 Å². The molecule has 170 valence electrons. The number of hydrogen-bond donors (Lipinski definition) is 0. The first-order valence-electron chi connectivity index (χ1n) is 11.8. The molecule has 1 fully saturated rings. The number of amides is 1. The zero-order valence-corrected chi connectivity index (χ0v) is 19.6. The van der Waals surface area contributed by atoms with Gasteiger partial charge >= 0.3 is 0 Å². The second-order valence-electron chi connectivity index (χ2n) is 8.55. The first kappa shape index (κ1) is 24.5. The summed E-state index contributed by atoms with van der Waals surface area (Å²) in [4.78, 5) is 17.6. The summed E-state index contributed by atoms with van der Waals surface area (Å²) in [5, 5.41) is 0. The lowest BCUT2D eigenvalue weighted by atomic mass is 10.0. The number of unbranched alkanes of at least 4 members (excludes halogenated alkanes) is 3. The molecule has 2 rings (SSSR count). The molecule has 0 aromatic heterocycles. The van der Waals surface area contributed by atoms with Gasteiger partial charge in [-0.3, -0.25) is 4.79 Å². The normalized spacial score (nSPS) is 17.0. The van der Waals surface area contributed by atoms with Crippen molar-refractivity contribution in [2.45, 2.75) is 84.2 Å². The van der Waals surface area contributed by atoms with Crippen molar-refractivity contribution in [3.05, 3.63) is 23.8 Å². The fourth-order valence-electron chi connectivity index (χ4n) is 4.31. The third-order valence-corrected chi connectivity index (χ3v) is 6.23. The van der Waals surface area contributed by atoms with Crippen LogP contribution in [0.1, 0.15) is 77.2 Å². The lowest BCUT2D eigenvalue weighted by Crippen LogP contribution is -2.40. The Hall–Kier alpha value is -1.75. The van der Waals surface area contributed by atoms with Gasteiger partial charge in [0.15, 0.2) is 11.5 Å². The van der Waals surface area contributed by atoms with Crippen molar-refractivity contribution in [3.63, 3.8) is 0 Å². The molecule has 30 heavy (non-hydrogen) atoms. The Balaban J connectivity index is 1.98. The van der Waals surface area contributed by atoms with Gasteiger partial charge in [0, 0.05) is 32.1 Å². The average molecular weight is 419 g/mol. The van der Waals surface area contributed by atoms with Crippen molar-refractivity contribution in [2.75, 3.05) is 33.9 Å². The van der Waals surface area contributed by atoms with Crippen LogP contribution >= 0.6 is 0 Å². The van der Waals surface area contributed by atoms with Crippen LogP contribution in [0.25, 0.3) is 0 Å². The Kier molecular flexibility index (Phi) is 11.1. The van der Waals surface area contributed by atoms with Crippen LogP contribution in [-0.2, 0) is 11.3 Å². The molecule has 1 aliphatic heterocycles. The molecule has 1 saturated heterocycles. The maximum absolute atomic E-state index is 13.0. The minimum Gasteiger partial charge on any atom is -0.493 e. The topological polar surface area (TPSA) is 42.0 Å². The second kappa shape index (κ2) is 13.5. The number of rotatable bonds is 13. The van der Waals surface area contributed by atoms with Crippen LogP contribution in [0.15, 0.2) is 18.2 Å². The summed E-state index contributed by atoms with van der Waals surface area (Å²) in [6, 6.07) is 6.62. The molecule has 1 amide bonds. The van der Waals surface area contributed by atoms with Crippen LogP contribution in [0.3, 0.4) is 0 Å². The zero-order chi connectivity index (χ0) is 21.8. The predicted octanol–water partition coefficient (Wildman–Crippen LogP) is 5.27. The fraction of sp³-hybridized carbons (Fsp3) is 0.720. The molecule has 1 unspecified atom stereocenters. The predicted molar refractivity (Wildman–Crippen MR) is 123 cm³/mol. The third-order valence-electron chi connectivity index (χ3n) is 6.23. The molecule has 0 aliphatic carbocycles. The monoisotopic (exact) mass is 418 g/mol. The molecule has 0 saturated carbocycles. The number of ether oxygens (including phenoxy) is 2. The van der Waals surface area contributed by atoms with Gasteiger partial charge in [-0.2, -0.15) is 0 Å². The summed E-state index contributed by atoms with van der Waals surface area (Å²) in [5.41, 5.74) is 1.08. The van der Waals surface area contributed by atoms with Gasteiger partial charge in [-0.05, 0) is 56.8 Å². The Morgan fingerprint density at radius 2 is 1.90 bits per heavy atom. The number of methoxy groups -OCH3 is 2. The molecule has 5 nitrogen and oxygen atoms in total. The van der Waals surface area contributed by atoms with E-state index in [9.17, 15) is 4.79 Å². The lowest BCUT2D eigenvalue weighted by Gasteiger charge is -2.34. The second-order valence-corrected chi connectivity index (χ2v) is 8.55. The lowest BCUT2D eigenvalue weighted by molar-refractivity contribution is -0.132. The molecule has 1 aromatic rings. The molecule has 0 radical (unpaired) electrons. The smallest absolute Gasteiger partial charge is 0.222 e. The van der Waals surface area contributed by atoms with Gasteiger partial charge in [0.1, 0.15) is 0 Å². The molecule has 0 spiro atoms. The number of carbonyl (C=O) groups excluding carboxylic acids is 1. The van der Waals surface area contributed by atoms with Crippen molar-refractivity contribution in [2.24, 2.45) is 0 Å². The fourth-order valence-corrected chi connectivity index (χ4v) is 4.31.